The topological polar surface area (TPSA) is 39.3 Å². The van der Waals surface area contributed by atoms with Gasteiger partial charge in [0.05, 0.1) is 0 Å². The molecule has 1 saturated heterocycles. The van der Waals surface area contributed by atoms with Gasteiger partial charge in [-0.05, 0) is 66.8 Å². The van der Waals surface area contributed by atoms with Crippen LogP contribution in [0.15, 0.2) is 42.5 Å². The quantitative estimate of drug-likeness (QED) is 0.698. The molecule has 3 heterocycles. The molecule has 6 heteroatoms. The molecule has 4 nitrogen and oxygen atoms in total. The molecule has 1 aromatic heterocycles. The molecule has 156 valence electrons. The lowest BCUT2D eigenvalue weighted by Crippen LogP contribution is -2.44. The van der Waals surface area contributed by atoms with Crippen LogP contribution < -0.4 is 0 Å². The molecule has 2 aliphatic rings. The summed E-state index contributed by atoms with van der Waals surface area (Å²) in [5, 5.41) is 0.978. The molecule has 1 amide bonds. The van der Waals surface area contributed by atoms with Crippen LogP contribution in [0, 0.1) is 17.6 Å². The minimum atomic E-state index is -0.329. The van der Waals surface area contributed by atoms with Crippen LogP contribution in [0.1, 0.15) is 34.5 Å². The number of carbonyl (C=O) groups is 1. The highest BCUT2D eigenvalue weighted by Crippen LogP contribution is 2.29. The number of benzene rings is 2. The molecule has 0 spiro atoms. The van der Waals surface area contributed by atoms with Gasteiger partial charge in [-0.15, -0.1) is 0 Å². The molecule has 2 aliphatic heterocycles. The smallest absolute Gasteiger partial charge is 0.253 e. The van der Waals surface area contributed by atoms with Crippen molar-refractivity contribution in [1.82, 2.24) is 14.8 Å². The number of nitrogens with one attached hydrogen (secondary N) is 1. The monoisotopic (exact) mass is 409 g/mol. The van der Waals surface area contributed by atoms with Crippen LogP contribution in [0.25, 0.3) is 10.9 Å². The zero-order chi connectivity index (χ0) is 20.7. The first-order valence-electron chi connectivity index (χ1n) is 10.6. The Balaban J connectivity index is 1.26. The summed E-state index contributed by atoms with van der Waals surface area (Å²) in [5.41, 5.74) is 3.95. The lowest BCUT2D eigenvalue weighted by Gasteiger charge is -2.37. The number of rotatable bonds is 3. The van der Waals surface area contributed by atoms with E-state index in [0.717, 1.165) is 62.9 Å². The molecule has 1 N–H and O–H groups in total. The standard InChI is InChI=1S/C24H25F2N3O/c25-18-5-3-17(4-6-18)24(30)29-10-1-2-16(14-29)13-28-11-9-23-21(15-28)20-12-19(26)7-8-22(20)27-23/h3-8,12,16,27H,1-2,9-11,13-15H2. The maximum atomic E-state index is 13.7. The zero-order valence-electron chi connectivity index (χ0n) is 16.8. The average Bonchev–Trinajstić information content (AvgIpc) is 3.11. The van der Waals surface area contributed by atoms with Crippen LogP contribution in [-0.2, 0) is 13.0 Å². The highest BCUT2D eigenvalue weighted by atomic mass is 19.1. The number of amides is 1. The van der Waals surface area contributed by atoms with Crippen LogP contribution in [-0.4, -0.2) is 46.9 Å². The van der Waals surface area contributed by atoms with Gasteiger partial charge in [0.1, 0.15) is 11.6 Å². The Hall–Kier alpha value is -2.73. The van der Waals surface area contributed by atoms with Gasteiger partial charge >= 0.3 is 0 Å². The van der Waals surface area contributed by atoms with E-state index in [2.05, 4.69) is 9.88 Å². The molecule has 0 saturated carbocycles. The number of likely N-dealkylation sites (tertiary alicyclic amines) is 1. The van der Waals surface area contributed by atoms with Crippen molar-refractivity contribution in [2.45, 2.75) is 25.8 Å². The fraction of sp³-hybridized carbons (Fsp3) is 0.375. The summed E-state index contributed by atoms with van der Waals surface area (Å²) in [6, 6.07) is 10.7. The van der Waals surface area contributed by atoms with Crippen molar-refractivity contribution in [3.8, 4) is 0 Å². The Bertz CT molecular complexity index is 1080. The van der Waals surface area contributed by atoms with E-state index in [1.165, 1.54) is 29.5 Å². The second-order valence-corrected chi connectivity index (χ2v) is 8.52. The van der Waals surface area contributed by atoms with E-state index >= 15 is 0 Å². The van der Waals surface area contributed by atoms with Gasteiger partial charge in [-0.3, -0.25) is 9.69 Å². The zero-order valence-corrected chi connectivity index (χ0v) is 16.8. The van der Waals surface area contributed by atoms with E-state index in [9.17, 15) is 13.6 Å². The van der Waals surface area contributed by atoms with Crippen molar-refractivity contribution >= 4 is 16.8 Å². The van der Waals surface area contributed by atoms with Crippen LogP contribution in [0.2, 0.25) is 0 Å². The second kappa shape index (κ2) is 7.84. The number of aromatic nitrogens is 1. The van der Waals surface area contributed by atoms with E-state index < -0.39 is 0 Å². The molecule has 0 bridgehead atoms. The third-order valence-corrected chi connectivity index (χ3v) is 6.43. The highest BCUT2D eigenvalue weighted by molar-refractivity contribution is 5.94. The molecular weight excluding hydrogens is 384 g/mol. The SMILES string of the molecule is O=C(c1ccc(F)cc1)N1CCCC(CN2CCc3[nH]c4ccc(F)cc4c3C2)C1. The molecule has 3 aromatic rings. The fourth-order valence-electron chi connectivity index (χ4n) is 4.94. The number of H-pyrrole nitrogens is 1. The van der Waals surface area contributed by atoms with Crippen molar-refractivity contribution in [3.05, 3.63) is 70.9 Å². The van der Waals surface area contributed by atoms with E-state index in [4.69, 9.17) is 0 Å². The third kappa shape index (κ3) is 3.72. The van der Waals surface area contributed by atoms with Crippen LogP contribution in [0.5, 0.6) is 0 Å². The summed E-state index contributed by atoms with van der Waals surface area (Å²) in [6.07, 6.45) is 3.00. The van der Waals surface area contributed by atoms with Crippen LogP contribution in [0.4, 0.5) is 8.78 Å². The summed E-state index contributed by atoms with van der Waals surface area (Å²) < 4.78 is 26.9. The van der Waals surface area contributed by atoms with Crippen molar-refractivity contribution in [1.29, 1.82) is 0 Å². The first-order chi connectivity index (χ1) is 14.6. The second-order valence-electron chi connectivity index (χ2n) is 8.52. The van der Waals surface area contributed by atoms with Crippen molar-refractivity contribution in [2.75, 3.05) is 26.2 Å². The van der Waals surface area contributed by atoms with Gasteiger partial charge in [-0.25, -0.2) is 8.78 Å². The molecule has 2 aromatic carbocycles. The van der Waals surface area contributed by atoms with Gasteiger partial charge in [0.15, 0.2) is 0 Å². The molecule has 1 atom stereocenters. The first-order valence-corrected chi connectivity index (χ1v) is 10.6. The fourth-order valence-corrected chi connectivity index (χ4v) is 4.94. The number of aromatic amines is 1. The predicted octanol–water partition coefficient (Wildman–Crippen LogP) is 4.36. The van der Waals surface area contributed by atoms with Gasteiger partial charge < -0.3 is 9.88 Å². The number of piperidine rings is 1. The van der Waals surface area contributed by atoms with Gasteiger partial charge in [-0.1, -0.05) is 0 Å². The highest BCUT2D eigenvalue weighted by Gasteiger charge is 2.28. The number of hydrogen-bond donors (Lipinski definition) is 1. The number of carbonyl (C=O) groups excluding carboxylic acids is 1. The van der Waals surface area contributed by atoms with Gasteiger partial charge in [0.2, 0.25) is 0 Å². The van der Waals surface area contributed by atoms with Crippen LogP contribution in [0.3, 0.4) is 0 Å². The Morgan fingerprint density at radius 1 is 1.07 bits per heavy atom. The molecule has 0 aliphatic carbocycles. The summed E-state index contributed by atoms with van der Waals surface area (Å²) >= 11 is 0. The van der Waals surface area contributed by atoms with Crippen LogP contribution >= 0.6 is 0 Å². The average molecular weight is 409 g/mol. The predicted molar refractivity (Wildman–Crippen MR) is 112 cm³/mol. The Kier molecular flexibility index (Phi) is 5.03. The maximum absolute atomic E-state index is 13.7. The number of halogens is 2. The van der Waals surface area contributed by atoms with E-state index in [1.54, 1.807) is 18.2 Å². The lowest BCUT2D eigenvalue weighted by molar-refractivity contribution is 0.0634. The summed E-state index contributed by atoms with van der Waals surface area (Å²) in [7, 11) is 0. The summed E-state index contributed by atoms with van der Waals surface area (Å²) in [5.74, 6) is -0.146. The molecule has 0 radical (unpaired) electrons. The minimum Gasteiger partial charge on any atom is -0.358 e. The summed E-state index contributed by atoms with van der Waals surface area (Å²) in [4.78, 5) is 20.6. The molecule has 1 fully saturated rings. The minimum absolute atomic E-state index is 0.0206. The van der Waals surface area contributed by atoms with E-state index in [-0.39, 0.29) is 17.5 Å². The normalized spacial score (nSPS) is 19.8. The summed E-state index contributed by atoms with van der Waals surface area (Å²) in [6.45, 7) is 4.17. The van der Waals surface area contributed by atoms with Gasteiger partial charge in [0.25, 0.3) is 5.91 Å². The maximum Gasteiger partial charge on any atom is 0.253 e. The first kappa shape index (κ1) is 19.2. The molecule has 5 rings (SSSR count). The molecular formula is C24H25F2N3O. The lowest BCUT2D eigenvalue weighted by atomic mass is 9.95. The molecule has 30 heavy (non-hydrogen) atoms. The van der Waals surface area contributed by atoms with Crippen molar-refractivity contribution in [2.24, 2.45) is 5.92 Å². The number of nitrogens with zero attached hydrogens (tertiary/aromatic N) is 2. The van der Waals surface area contributed by atoms with E-state index in [0.29, 0.717) is 11.5 Å². The van der Waals surface area contributed by atoms with Gasteiger partial charge in [-0.2, -0.15) is 0 Å². The Morgan fingerprint density at radius 2 is 1.87 bits per heavy atom. The van der Waals surface area contributed by atoms with Gasteiger partial charge in [0, 0.05) is 61.3 Å². The molecule has 1 unspecified atom stereocenters. The van der Waals surface area contributed by atoms with E-state index in [1.807, 2.05) is 11.0 Å². The Morgan fingerprint density at radius 3 is 2.70 bits per heavy atom. The largest absolute Gasteiger partial charge is 0.358 e. The number of fused-ring (bicyclic) bond motifs is 3. The van der Waals surface area contributed by atoms with Crippen molar-refractivity contribution < 1.29 is 13.6 Å². The van der Waals surface area contributed by atoms with Crippen molar-refractivity contribution in [3.63, 3.8) is 0 Å². The Labute approximate surface area is 174 Å². The third-order valence-electron chi connectivity index (χ3n) is 6.43. The number of hydrogen-bond acceptors (Lipinski definition) is 2.